The second-order valence-electron chi connectivity index (χ2n) is 5.24. The SMILES string of the molecule is CCN(C(=O)CSC(C(=O)O)C(C)C)c1ccccc1C. The Labute approximate surface area is 130 Å². The van der Waals surface area contributed by atoms with Crippen molar-refractivity contribution in [1.82, 2.24) is 0 Å². The zero-order valence-corrected chi connectivity index (χ0v) is 13.8. The number of carbonyl (C=O) groups excluding carboxylic acids is 1. The van der Waals surface area contributed by atoms with Crippen LogP contribution in [0, 0.1) is 12.8 Å². The Kier molecular flexibility index (Phi) is 6.75. The van der Waals surface area contributed by atoms with Gasteiger partial charge in [-0.25, -0.2) is 0 Å². The van der Waals surface area contributed by atoms with Crippen LogP contribution in [-0.2, 0) is 9.59 Å². The number of aryl methyl sites for hydroxylation is 1. The van der Waals surface area contributed by atoms with Gasteiger partial charge in [0, 0.05) is 12.2 Å². The Balaban J connectivity index is 2.77. The van der Waals surface area contributed by atoms with Crippen molar-refractivity contribution >= 4 is 29.3 Å². The van der Waals surface area contributed by atoms with Gasteiger partial charge in [0.2, 0.25) is 5.91 Å². The van der Waals surface area contributed by atoms with Gasteiger partial charge in [0.15, 0.2) is 0 Å². The topological polar surface area (TPSA) is 57.6 Å². The van der Waals surface area contributed by atoms with Crippen LogP contribution in [0.15, 0.2) is 24.3 Å². The third kappa shape index (κ3) is 4.77. The molecule has 0 saturated carbocycles. The molecular formula is C16H23NO3S. The van der Waals surface area contributed by atoms with E-state index in [1.807, 2.05) is 52.0 Å². The number of rotatable bonds is 7. The summed E-state index contributed by atoms with van der Waals surface area (Å²) in [6.07, 6.45) is 0. The number of nitrogens with zero attached hydrogens (tertiary/aromatic N) is 1. The number of anilines is 1. The van der Waals surface area contributed by atoms with E-state index < -0.39 is 11.2 Å². The van der Waals surface area contributed by atoms with E-state index in [0.717, 1.165) is 11.3 Å². The van der Waals surface area contributed by atoms with Gasteiger partial charge in [0.1, 0.15) is 5.25 Å². The molecule has 21 heavy (non-hydrogen) atoms. The number of benzene rings is 1. The summed E-state index contributed by atoms with van der Waals surface area (Å²) in [5.41, 5.74) is 1.93. The summed E-state index contributed by atoms with van der Waals surface area (Å²) < 4.78 is 0. The molecule has 1 unspecified atom stereocenters. The van der Waals surface area contributed by atoms with E-state index in [2.05, 4.69) is 0 Å². The Bertz CT molecular complexity index is 502. The largest absolute Gasteiger partial charge is 0.480 e. The molecule has 0 bridgehead atoms. The number of carbonyl (C=O) groups is 2. The molecule has 0 aliphatic heterocycles. The van der Waals surface area contributed by atoms with E-state index >= 15 is 0 Å². The molecule has 0 aliphatic carbocycles. The van der Waals surface area contributed by atoms with Gasteiger partial charge in [-0.05, 0) is 31.4 Å². The fraction of sp³-hybridized carbons (Fsp3) is 0.500. The first-order valence-corrected chi connectivity index (χ1v) is 8.13. The third-order valence-corrected chi connectivity index (χ3v) is 4.78. The molecule has 0 aromatic heterocycles. The van der Waals surface area contributed by atoms with Crippen LogP contribution in [0.4, 0.5) is 5.69 Å². The first kappa shape index (κ1) is 17.6. The second-order valence-corrected chi connectivity index (χ2v) is 6.37. The van der Waals surface area contributed by atoms with E-state index in [9.17, 15) is 9.59 Å². The van der Waals surface area contributed by atoms with Crippen LogP contribution in [0.2, 0.25) is 0 Å². The van der Waals surface area contributed by atoms with Gasteiger partial charge in [-0.3, -0.25) is 9.59 Å². The summed E-state index contributed by atoms with van der Waals surface area (Å²) >= 11 is 1.20. The number of carboxylic acids is 1. The fourth-order valence-corrected chi connectivity index (χ4v) is 3.14. The molecule has 0 radical (unpaired) electrons. The third-order valence-electron chi connectivity index (χ3n) is 3.26. The van der Waals surface area contributed by atoms with Gasteiger partial charge >= 0.3 is 5.97 Å². The van der Waals surface area contributed by atoms with Gasteiger partial charge in [-0.2, -0.15) is 0 Å². The lowest BCUT2D eigenvalue weighted by Gasteiger charge is -2.24. The summed E-state index contributed by atoms with van der Waals surface area (Å²) in [4.78, 5) is 25.3. The van der Waals surface area contributed by atoms with E-state index in [1.165, 1.54) is 11.8 Å². The summed E-state index contributed by atoms with van der Waals surface area (Å²) in [6, 6.07) is 7.72. The molecule has 1 aromatic carbocycles. The van der Waals surface area contributed by atoms with Crippen LogP contribution < -0.4 is 4.90 Å². The lowest BCUT2D eigenvalue weighted by molar-refractivity contribution is -0.137. The molecule has 1 aromatic rings. The van der Waals surface area contributed by atoms with Crippen LogP contribution in [0.5, 0.6) is 0 Å². The second kappa shape index (κ2) is 8.08. The van der Waals surface area contributed by atoms with Crippen molar-refractivity contribution in [2.24, 2.45) is 5.92 Å². The van der Waals surface area contributed by atoms with Crippen LogP contribution in [0.3, 0.4) is 0 Å². The lowest BCUT2D eigenvalue weighted by Crippen LogP contribution is -2.34. The summed E-state index contributed by atoms with van der Waals surface area (Å²) in [5.74, 6) is -0.739. The van der Waals surface area contributed by atoms with Crippen LogP contribution in [0.1, 0.15) is 26.3 Å². The molecule has 1 amide bonds. The molecule has 1 atom stereocenters. The van der Waals surface area contributed by atoms with Crippen molar-refractivity contribution in [2.75, 3.05) is 17.2 Å². The Morgan fingerprint density at radius 3 is 2.38 bits per heavy atom. The molecule has 1 rings (SSSR count). The number of carboxylic acid groups (broad SMARTS) is 1. The van der Waals surface area contributed by atoms with Gasteiger partial charge in [0.25, 0.3) is 0 Å². The smallest absolute Gasteiger partial charge is 0.316 e. The Morgan fingerprint density at radius 1 is 1.29 bits per heavy atom. The molecule has 0 heterocycles. The van der Waals surface area contributed by atoms with Gasteiger partial charge in [0.05, 0.1) is 5.75 Å². The van der Waals surface area contributed by atoms with Crippen LogP contribution in [-0.4, -0.2) is 34.5 Å². The molecule has 0 spiro atoms. The molecule has 4 nitrogen and oxygen atoms in total. The van der Waals surface area contributed by atoms with Crippen molar-refractivity contribution < 1.29 is 14.7 Å². The van der Waals surface area contributed by atoms with E-state index in [0.29, 0.717) is 6.54 Å². The maximum absolute atomic E-state index is 12.4. The van der Waals surface area contributed by atoms with Gasteiger partial charge in [-0.15, -0.1) is 11.8 Å². The van der Waals surface area contributed by atoms with Crippen molar-refractivity contribution in [1.29, 1.82) is 0 Å². The highest BCUT2D eigenvalue weighted by atomic mass is 32.2. The summed E-state index contributed by atoms with van der Waals surface area (Å²) in [6.45, 7) is 8.17. The number of amides is 1. The van der Waals surface area contributed by atoms with Crippen molar-refractivity contribution in [3.63, 3.8) is 0 Å². The van der Waals surface area contributed by atoms with Crippen LogP contribution in [0.25, 0.3) is 0 Å². The van der Waals surface area contributed by atoms with Crippen LogP contribution >= 0.6 is 11.8 Å². The van der Waals surface area contributed by atoms with E-state index in [4.69, 9.17) is 5.11 Å². The van der Waals surface area contributed by atoms with E-state index in [1.54, 1.807) is 4.90 Å². The molecule has 5 heteroatoms. The first-order chi connectivity index (χ1) is 9.88. The zero-order valence-electron chi connectivity index (χ0n) is 13.0. The zero-order chi connectivity index (χ0) is 16.0. The lowest BCUT2D eigenvalue weighted by atomic mass is 10.1. The predicted octanol–water partition coefficient (Wildman–Crippen LogP) is 3.19. The summed E-state index contributed by atoms with van der Waals surface area (Å²) in [5, 5.41) is 8.62. The Hall–Kier alpha value is -1.49. The molecule has 116 valence electrons. The minimum absolute atomic E-state index is 0.00571. The molecule has 0 fully saturated rings. The highest BCUT2D eigenvalue weighted by Gasteiger charge is 2.24. The van der Waals surface area contributed by atoms with Crippen molar-refractivity contribution in [2.45, 2.75) is 32.9 Å². The van der Waals surface area contributed by atoms with Gasteiger partial charge in [-0.1, -0.05) is 32.0 Å². The standard InChI is InChI=1S/C16H23NO3S/c1-5-17(13-9-7-6-8-12(13)4)14(18)10-21-15(11(2)3)16(19)20/h6-9,11,15H,5,10H2,1-4H3,(H,19,20). The highest BCUT2D eigenvalue weighted by Crippen LogP contribution is 2.23. The van der Waals surface area contributed by atoms with Crippen molar-refractivity contribution in [3.05, 3.63) is 29.8 Å². The molecular weight excluding hydrogens is 286 g/mol. The number of hydrogen-bond donors (Lipinski definition) is 1. The van der Waals surface area contributed by atoms with E-state index in [-0.39, 0.29) is 17.6 Å². The number of hydrogen-bond acceptors (Lipinski definition) is 3. The maximum Gasteiger partial charge on any atom is 0.316 e. The number of thioether (sulfide) groups is 1. The average molecular weight is 309 g/mol. The fourth-order valence-electron chi connectivity index (χ4n) is 2.14. The summed E-state index contributed by atoms with van der Waals surface area (Å²) in [7, 11) is 0. The average Bonchev–Trinajstić information content (AvgIpc) is 2.41. The highest BCUT2D eigenvalue weighted by molar-refractivity contribution is 8.01. The number of para-hydroxylation sites is 1. The number of aliphatic carboxylic acids is 1. The molecule has 1 N–H and O–H groups in total. The minimum Gasteiger partial charge on any atom is -0.480 e. The van der Waals surface area contributed by atoms with Crippen molar-refractivity contribution in [3.8, 4) is 0 Å². The predicted molar refractivity (Wildman–Crippen MR) is 87.9 cm³/mol. The normalized spacial score (nSPS) is 12.2. The molecule has 0 saturated heterocycles. The molecule has 0 aliphatic rings. The quantitative estimate of drug-likeness (QED) is 0.840. The van der Waals surface area contributed by atoms with Gasteiger partial charge < -0.3 is 10.0 Å². The first-order valence-electron chi connectivity index (χ1n) is 7.08. The Morgan fingerprint density at radius 2 is 1.90 bits per heavy atom. The monoisotopic (exact) mass is 309 g/mol. The minimum atomic E-state index is -0.859. The maximum atomic E-state index is 12.4.